The molecule has 0 heterocycles. The van der Waals surface area contributed by atoms with Crippen LogP contribution in [0.1, 0.15) is 19.4 Å². The molecule has 3 heteroatoms. The maximum absolute atomic E-state index is 12.8. The van der Waals surface area contributed by atoms with Crippen molar-refractivity contribution in [1.82, 2.24) is 4.90 Å². The third-order valence-electron chi connectivity index (χ3n) is 3.52. The van der Waals surface area contributed by atoms with Crippen LogP contribution >= 0.6 is 0 Å². The first-order valence-electron chi connectivity index (χ1n) is 7.41. The Morgan fingerprint density at radius 2 is 1.38 bits per heavy atom. The smallest absolute Gasteiger partial charge is 0.324 e. The van der Waals surface area contributed by atoms with Crippen LogP contribution < -0.4 is 4.90 Å². The number of rotatable bonds is 5. The zero-order chi connectivity index (χ0) is 15.1. The molecule has 2 aromatic carbocycles. The summed E-state index contributed by atoms with van der Waals surface area (Å²) < 4.78 is 0. The summed E-state index contributed by atoms with van der Waals surface area (Å²) in [5.74, 6) is 0. The van der Waals surface area contributed by atoms with Crippen LogP contribution in [0.25, 0.3) is 0 Å². The largest absolute Gasteiger partial charge is 0.325 e. The fourth-order valence-electron chi connectivity index (χ4n) is 2.31. The van der Waals surface area contributed by atoms with Gasteiger partial charge in [0.15, 0.2) is 0 Å². The highest BCUT2D eigenvalue weighted by Crippen LogP contribution is 2.18. The SMILES string of the molecule is CCN(CC)C(=O)N(Cc1ccccc1)c1ccccc1. The van der Waals surface area contributed by atoms with Crippen molar-refractivity contribution < 1.29 is 4.79 Å². The number of amides is 2. The molecule has 0 N–H and O–H groups in total. The van der Waals surface area contributed by atoms with Gasteiger partial charge in [0, 0.05) is 18.8 Å². The predicted molar refractivity (Wildman–Crippen MR) is 87.4 cm³/mol. The number of hydrogen-bond acceptors (Lipinski definition) is 1. The number of hydrogen-bond donors (Lipinski definition) is 0. The van der Waals surface area contributed by atoms with E-state index in [1.54, 1.807) is 0 Å². The molecule has 2 aromatic rings. The van der Waals surface area contributed by atoms with Crippen LogP contribution in [0.2, 0.25) is 0 Å². The Balaban J connectivity index is 2.29. The van der Waals surface area contributed by atoms with E-state index in [2.05, 4.69) is 0 Å². The van der Waals surface area contributed by atoms with Gasteiger partial charge >= 0.3 is 6.03 Å². The van der Waals surface area contributed by atoms with E-state index < -0.39 is 0 Å². The van der Waals surface area contributed by atoms with Crippen molar-refractivity contribution in [3.63, 3.8) is 0 Å². The molecule has 3 nitrogen and oxygen atoms in total. The summed E-state index contributed by atoms with van der Waals surface area (Å²) in [7, 11) is 0. The van der Waals surface area contributed by atoms with Gasteiger partial charge in [-0.15, -0.1) is 0 Å². The molecule has 2 amide bonds. The third-order valence-corrected chi connectivity index (χ3v) is 3.52. The molecule has 0 spiro atoms. The van der Waals surface area contributed by atoms with Gasteiger partial charge in [-0.05, 0) is 31.5 Å². The first-order valence-corrected chi connectivity index (χ1v) is 7.41. The number of anilines is 1. The molecule has 0 aliphatic heterocycles. The van der Waals surface area contributed by atoms with Crippen molar-refractivity contribution in [2.75, 3.05) is 18.0 Å². The van der Waals surface area contributed by atoms with Crippen LogP contribution in [0.5, 0.6) is 0 Å². The highest BCUT2D eigenvalue weighted by molar-refractivity contribution is 5.91. The van der Waals surface area contributed by atoms with Crippen molar-refractivity contribution in [3.8, 4) is 0 Å². The lowest BCUT2D eigenvalue weighted by atomic mass is 10.2. The summed E-state index contributed by atoms with van der Waals surface area (Å²) in [5, 5.41) is 0. The first-order chi connectivity index (χ1) is 10.3. The van der Waals surface area contributed by atoms with Crippen LogP contribution in [0.3, 0.4) is 0 Å². The van der Waals surface area contributed by atoms with E-state index >= 15 is 0 Å². The van der Waals surface area contributed by atoms with Gasteiger partial charge in [0.1, 0.15) is 0 Å². The van der Waals surface area contributed by atoms with Gasteiger partial charge in [0.25, 0.3) is 0 Å². The Bertz CT molecular complexity index is 550. The molecule has 0 fully saturated rings. The normalized spacial score (nSPS) is 10.2. The summed E-state index contributed by atoms with van der Waals surface area (Å²) in [6, 6.07) is 20.0. The molecule has 0 aliphatic rings. The second-order valence-electron chi connectivity index (χ2n) is 4.86. The number of para-hydroxylation sites is 1. The topological polar surface area (TPSA) is 23.6 Å². The van der Waals surface area contributed by atoms with Crippen LogP contribution in [-0.2, 0) is 6.54 Å². The molecule has 21 heavy (non-hydrogen) atoms. The molecular formula is C18H22N2O. The fourth-order valence-corrected chi connectivity index (χ4v) is 2.31. The highest BCUT2D eigenvalue weighted by Gasteiger charge is 2.20. The molecule has 110 valence electrons. The van der Waals surface area contributed by atoms with E-state index in [0.29, 0.717) is 19.6 Å². The van der Waals surface area contributed by atoms with E-state index in [1.807, 2.05) is 84.3 Å². The van der Waals surface area contributed by atoms with E-state index in [-0.39, 0.29) is 6.03 Å². The van der Waals surface area contributed by atoms with Gasteiger partial charge in [0.05, 0.1) is 6.54 Å². The van der Waals surface area contributed by atoms with E-state index in [0.717, 1.165) is 11.3 Å². The Morgan fingerprint density at radius 3 is 1.90 bits per heavy atom. The molecule has 0 radical (unpaired) electrons. The lowest BCUT2D eigenvalue weighted by molar-refractivity contribution is 0.209. The van der Waals surface area contributed by atoms with Crippen LogP contribution in [0.4, 0.5) is 10.5 Å². The molecule has 0 atom stereocenters. The van der Waals surface area contributed by atoms with E-state index in [9.17, 15) is 4.79 Å². The molecular weight excluding hydrogens is 260 g/mol. The quantitative estimate of drug-likeness (QED) is 0.808. The van der Waals surface area contributed by atoms with E-state index in [1.165, 1.54) is 0 Å². The van der Waals surface area contributed by atoms with Gasteiger partial charge in [-0.3, -0.25) is 4.90 Å². The third kappa shape index (κ3) is 3.85. The molecule has 0 aliphatic carbocycles. The number of carbonyl (C=O) groups excluding carboxylic acids is 1. The van der Waals surface area contributed by atoms with Gasteiger partial charge in [-0.25, -0.2) is 4.79 Å². The number of nitrogens with zero attached hydrogens (tertiary/aromatic N) is 2. The Labute approximate surface area is 126 Å². The van der Waals surface area contributed by atoms with Crippen molar-refractivity contribution in [3.05, 3.63) is 66.2 Å². The zero-order valence-electron chi connectivity index (χ0n) is 12.7. The van der Waals surface area contributed by atoms with Gasteiger partial charge in [-0.1, -0.05) is 48.5 Å². The lowest BCUT2D eigenvalue weighted by Gasteiger charge is -2.29. The Hall–Kier alpha value is -2.29. The summed E-state index contributed by atoms with van der Waals surface area (Å²) in [4.78, 5) is 16.4. The zero-order valence-corrected chi connectivity index (χ0v) is 12.7. The first kappa shape index (κ1) is 15.1. The van der Waals surface area contributed by atoms with Crippen molar-refractivity contribution in [2.45, 2.75) is 20.4 Å². The van der Waals surface area contributed by atoms with Crippen molar-refractivity contribution >= 4 is 11.7 Å². The minimum Gasteiger partial charge on any atom is -0.325 e. The Kier molecular flexibility index (Phi) is 5.38. The van der Waals surface area contributed by atoms with Crippen LogP contribution in [0.15, 0.2) is 60.7 Å². The molecule has 2 rings (SSSR count). The minimum atomic E-state index is 0.0510. The van der Waals surface area contributed by atoms with Gasteiger partial charge in [0.2, 0.25) is 0 Å². The fraction of sp³-hybridized carbons (Fsp3) is 0.278. The van der Waals surface area contributed by atoms with Gasteiger partial charge < -0.3 is 4.90 Å². The maximum atomic E-state index is 12.8. The Morgan fingerprint density at radius 1 is 0.857 bits per heavy atom. The molecule has 0 bridgehead atoms. The van der Waals surface area contributed by atoms with Crippen molar-refractivity contribution in [2.24, 2.45) is 0 Å². The average molecular weight is 282 g/mol. The number of benzene rings is 2. The summed E-state index contributed by atoms with van der Waals surface area (Å²) in [5.41, 5.74) is 2.06. The average Bonchev–Trinajstić information content (AvgIpc) is 2.55. The van der Waals surface area contributed by atoms with Crippen LogP contribution in [0, 0.1) is 0 Å². The number of urea groups is 1. The minimum absolute atomic E-state index is 0.0510. The van der Waals surface area contributed by atoms with Crippen molar-refractivity contribution in [1.29, 1.82) is 0 Å². The molecule has 0 aromatic heterocycles. The van der Waals surface area contributed by atoms with E-state index in [4.69, 9.17) is 0 Å². The standard InChI is InChI=1S/C18H22N2O/c1-3-19(4-2)18(21)20(17-13-9-6-10-14-17)15-16-11-7-5-8-12-16/h5-14H,3-4,15H2,1-2H3. The summed E-state index contributed by atoms with van der Waals surface area (Å²) in [6.07, 6.45) is 0. The highest BCUT2D eigenvalue weighted by atomic mass is 16.2. The second kappa shape index (κ2) is 7.48. The van der Waals surface area contributed by atoms with Crippen LogP contribution in [-0.4, -0.2) is 24.0 Å². The molecule has 0 saturated heterocycles. The number of carbonyl (C=O) groups is 1. The summed E-state index contributed by atoms with van der Waals surface area (Å²) >= 11 is 0. The van der Waals surface area contributed by atoms with Gasteiger partial charge in [-0.2, -0.15) is 0 Å². The summed E-state index contributed by atoms with van der Waals surface area (Å²) in [6.45, 7) is 6.03. The second-order valence-corrected chi connectivity index (χ2v) is 4.86. The maximum Gasteiger partial charge on any atom is 0.324 e. The molecule has 0 unspecified atom stereocenters. The monoisotopic (exact) mass is 282 g/mol. The lowest BCUT2D eigenvalue weighted by Crippen LogP contribution is -2.42. The molecule has 0 saturated carbocycles. The predicted octanol–water partition coefficient (Wildman–Crippen LogP) is 4.16.